The molecule has 0 unspecified atom stereocenters. The Kier molecular flexibility index (Phi) is 3.02. The van der Waals surface area contributed by atoms with Crippen LogP contribution in [0.15, 0.2) is 43.0 Å². The van der Waals surface area contributed by atoms with Crippen molar-refractivity contribution < 1.29 is 5.11 Å². The molecule has 0 aromatic heterocycles. The number of benzene rings is 1. The molecule has 2 heteroatoms. The number of hydrogen-bond acceptors (Lipinski definition) is 2. The molecule has 0 spiro atoms. The first-order chi connectivity index (χ1) is 5.75. The SMILES string of the molecule is C=C[C@H](N)[C@H](O)c1ccccc1. The average Bonchev–Trinajstić information content (AvgIpc) is 2.17. The fourth-order valence-electron chi connectivity index (χ4n) is 1.00. The summed E-state index contributed by atoms with van der Waals surface area (Å²) in [4.78, 5) is 0. The monoisotopic (exact) mass is 163 g/mol. The van der Waals surface area contributed by atoms with Gasteiger partial charge in [-0.15, -0.1) is 6.58 Å². The second kappa shape index (κ2) is 4.04. The van der Waals surface area contributed by atoms with Gasteiger partial charge < -0.3 is 10.8 Å². The summed E-state index contributed by atoms with van der Waals surface area (Å²) in [6, 6.07) is 8.92. The van der Waals surface area contributed by atoms with Gasteiger partial charge >= 0.3 is 0 Å². The van der Waals surface area contributed by atoms with Gasteiger partial charge in [0.05, 0.1) is 12.1 Å². The number of aliphatic hydroxyl groups is 1. The van der Waals surface area contributed by atoms with Crippen molar-refractivity contribution in [1.29, 1.82) is 0 Å². The zero-order chi connectivity index (χ0) is 8.97. The van der Waals surface area contributed by atoms with Crippen LogP contribution in [0.4, 0.5) is 0 Å². The maximum atomic E-state index is 9.59. The van der Waals surface area contributed by atoms with Gasteiger partial charge in [0.15, 0.2) is 0 Å². The highest BCUT2D eigenvalue weighted by Crippen LogP contribution is 2.14. The molecule has 1 aromatic rings. The smallest absolute Gasteiger partial charge is 0.0976 e. The molecule has 0 aliphatic rings. The van der Waals surface area contributed by atoms with E-state index in [0.717, 1.165) is 5.56 Å². The van der Waals surface area contributed by atoms with E-state index in [1.807, 2.05) is 30.3 Å². The quantitative estimate of drug-likeness (QED) is 0.658. The van der Waals surface area contributed by atoms with E-state index in [9.17, 15) is 5.11 Å². The fraction of sp³-hybridized carbons (Fsp3) is 0.200. The summed E-state index contributed by atoms with van der Waals surface area (Å²) in [7, 11) is 0. The summed E-state index contributed by atoms with van der Waals surface area (Å²) in [5, 5.41) is 9.59. The molecule has 0 radical (unpaired) electrons. The van der Waals surface area contributed by atoms with Crippen LogP contribution in [0.25, 0.3) is 0 Å². The third-order valence-electron chi connectivity index (χ3n) is 1.78. The molecule has 0 saturated carbocycles. The lowest BCUT2D eigenvalue weighted by Gasteiger charge is -2.14. The molecule has 12 heavy (non-hydrogen) atoms. The van der Waals surface area contributed by atoms with E-state index >= 15 is 0 Å². The van der Waals surface area contributed by atoms with Crippen LogP contribution < -0.4 is 5.73 Å². The highest BCUT2D eigenvalue weighted by molar-refractivity contribution is 5.19. The Bertz CT molecular complexity index is 245. The molecule has 1 aromatic carbocycles. The number of rotatable bonds is 3. The van der Waals surface area contributed by atoms with E-state index in [2.05, 4.69) is 6.58 Å². The number of aliphatic hydroxyl groups excluding tert-OH is 1. The van der Waals surface area contributed by atoms with Crippen molar-refractivity contribution in [3.8, 4) is 0 Å². The van der Waals surface area contributed by atoms with Gasteiger partial charge in [-0.3, -0.25) is 0 Å². The van der Waals surface area contributed by atoms with Crippen LogP contribution in [0.5, 0.6) is 0 Å². The number of nitrogens with two attached hydrogens (primary N) is 1. The van der Waals surface area contributed by atoms with Crippen LogP contribution in [0, 0.1) is 0 Å². The van der Waals surface area contributed by atoms with E-state index in [1.54, 1.807) is 0 Å². The first-order valence-electron chi connectivity index (χ1n) is 3.87. The minimum Gasteiger partial charge on any atom is -0.386 e. The summed E-state index contributed by atoms with van der Waals surface area (Å²) < 4.78 is 0. The zero-order valence-corrected chi connectivity index (χ0v) is 6.85. The predicted octanol–water partition coefficient (Wildman–Crippen LogP) is 1.23. The first-order valence-corrected chi connectivity index (χ1v) is 3.87. The van der Waals surface area contributed by atoms with Crippen LogP contribution in [0.1, 0.15) is 11.7 Å². The van der Waals surface area contributed by atoms with Crippen LogP contribution in [0.2, 0.25) is 0 Å². The molecule has 0 heterocycles. The fourth-order valence-corrected chi connectivity index (χ4v) is 1.00. The van der Waals surface area contributed by atoms with E-state index in [0.29, 0.717) is 0 Å². The minimum absolute atomic E-state index is 0.396. The van der Waals surface area contributed by atoms with Gasteiger partial charge in [-0.1, -0.05) is 36.4 Å². The summed E-state index contributed by atoms with van der Waals surface area (Å²) in [6.07, 6.45) is 0.890. The second-order valence-electron chi connectivity index (χ2n) is 2.67. The van der Waals surface area contributed by atoms with Crippen molar-refractivity contribution in [2.45, 2.75) is 12.1 Å². The van der Waals surface area contributed by atoms with Crippen molar-refractivity contribution >= 4 is 0 Å². The van der Waals surface area contributed by atoms with Gasteiger partial charge in [0.1, 0.15) is 0 Å². The maximum absolute atomic E-state index is 9.59. The van der Waals surface area contributed by atoms with E-state index in [-0.39, 0.29) is 0 Å². The first kappa shape index (κ1) is 8.97. The van der Waals surface area contributed by atoms with Crippen LogP contribution in [-0.4, -0.2) is 11.1 Å². The number of hydrogen-bond donors (Lipinski definition) is 2. The Morgan fingerprint density at radius 1 is 1.33 bits per heavy atom. The third-order valence-corrected chi connectivity index (χ3v) is 1.78. The lowest BCUT2D eigenvalue weighted by atomic mass is 10.0. The highest BCUT2D eigenvalue weighted by atomic mass is 16.3. The van der Waals surface area contributed by atoms with E-state index < -0.39 is 12.1 Å². The Hall–Kier alpha value is -1.12. The molecule has 1 rings (SSSR count). The normalized spacial score (nSPS) is 15.2. The molecule has 0 saturated heterocycles. The molecule has 0 aliphatic heterocycles. The van der Waals surface area contributed by atoms with E-state index in [4.69, 9.17) is 5.73 Å². The molecule has 0 amide bonds. The van der Waals surface area contributed by atoms with Crippen molar-refractivity contribution in [2.75, 3.05) is 0 Å². The standard InChI is InChI=1S/C10H13NO/c1-2-9(11)10(12)8-6-4-3-5-7-8/h2-7,9-10,12H,1,11H2/t9-,10+/m0/s1. The zero-order valence-electron chi connectivity index (χ0n) is 6.85. The topological polar surface area (TPSA) is 46.2 Å². The summed E-state index contributed by atoms with van der Waals surface area (Å²) in [5.41, 5.74) is 6.40. The molecule has 0 bridgehead atoms. The lowest BCUT2D eigenvalue weighted by molar-refractivity contribution is 0.163. The maximum Gasteiger partial charge on any atom is 0.0976 e. The Morgan fingerprint density at radius 3 is 2.42 bits per heavy atom. The molecule has 2 atom stereocenters. The van der Waals surface area contributed by atoms with Crippen LogP contribution in [-0.2, 0) is 0 Å². The van der Waals surface area contributed by atoms with Gasteiger partial charge in [-0.25, -0.2) is 0 Å². The Balaban J connectivity index is 2.78. The van der Waals surface area contributed by atoms with Gasteiger partial charge in [-0.05, 0) is 5.56 Å². The summed E-state index contributed by atoms with van der Waals surface area (Å²) >= 11 is 0. The third kappa shape index (κ3) is 1.94. The van der Waals surface area contributed by atoms with Crippen molar-refractivity contribution in [1.82, 2.24) is 0 Å². The molecule has 64 valence electrons. The molecule has 0 aliphatic carbocycles. The van der Waals surface area contributed by atoms with Gasteiger partial charge in [0.2, 0.25) is 0 Å². The lowest BCUT2D eigenvalue weighted by Crippen LogP contribution is -2.25. The highest BCUT2D eigenvalue weighted by Gasteiger charge is 2.12. The van der Waals surface area contributed by atoms with E-state index in [1.165, 1.54) is 6.08 Å². The van der Waals surface area contributed by atoms with Crippen LogP contribution in [0.3, 0.4) is 0 Å². The molecular weight excluding hydrogens is 150 g/mol. The molecule has 3 N–H and O–H groups in total. The second-order valence-corrected chi connectivity index (χ2v) is 2.67. The minimum atomic E-state index is -0.649. The average molecular weight is 163 g/mol. The predicted molar refractivity (Wildman–Crippen MR) is 49.6 cm³/mol. The summed E-state index contributed by atoms with van der Waals surface area (Å²) in [6.45, 7) is 3.52. The molecular formula is C10H13NO. The molecule has 2 nitrogen and oxygen atoms in total. The molecule has 0 fully saturated rings. The van der Waals surface area contributed by atoms with Crippen molar-refractivity contribution in [2.24, 2.45) is 5.73 Å². The largest absolute Gasteiger partial charge is 0.386 e. The van der Waals surface area contributed by atoms with Crippen LogP contribution >= 0.6 is 0 Å². The summed E-state index contributed by atoms with van der Waals surface area (Å²) in [5.74, 6) is 0. The van der Waals surface area contributed by atoms with Gasteiger partial charge in [0, 0.05) is 0 Å². The van der Waals surface area contributed by atoms with Gasteiger partial charge in [-0.2, -0.15) is 0 Å². The van der Waals surface area contributed by atoms with Crippen molar-refractivity contribution in [3.63, 3.8) is 0 Å². The van der Waals surface area contributed by atoms with Crippen molar-refractivity contribution in [3.05, 3.63) is 48.6 Å². The van der Waals surface area contributed by atoms with Gasteiger partial charge in [0.25, 0.3) is 0 Å². The Morgan fingerprint density at radius 2 is 1.92 bits per heavy atom. The Labute approximate surface area is 72.3 Å².